The van der Waals surface area contributed by atoms with Gasteiger partial charge in [-0.15, -0.1) is 0 Å². The molecule has 0 aromatic heterocycles. The predicted molar refractivity (Wildman–Crippen MR) is 107 cm³/mol. The fourth-order valence-electron chi connectivity index (χ4n) is 2.36. The van der Waals surface area contributed by atoms with Crippen LogP contribution in [0, 0.1) is 0 Å². The highest BCUT2D eigenvalue weighted by molar-refractivity contribution is 6.60. The molecule has 1 heterocycles. The molecular formula is C16H39NO8Si2. The minimum absolute atomic E-state index is 0.333. The van der Waals surface area contributed by atoms with Crippen LogP contribution in [0.4, 0.5) is 0 Å². The number of hydrogen-bond acceptors (Lipinski definition) is 9. The van der Waals surface area contributed by atoms with E-state index in [2.05, 4.69) is 5.32 Å². The summed E-state index contributed by atoms with van der Waals surface area (Å²) in [4.78, 5) is 0. The van der Waals surface area contributed by atoms with Crippen molar-refractivity contribution in [3.05, 3.63) is 0 Å². The smallest absolute Gasteiger partial charge is 0.379 e. The molecule has 0 aromatic carbocycles. The lowest BCUT2D eigenvalue weighted by molar-refractivity contribution is 0.100. The third-order valence-corrected chi connectivity index (χ3v) is 9.92. The summed E-state index contributed by atoms with van der Waals surface area (Å²) in [6.45, 7) is 3.20. The van der Waals surface area contributed by atoms with Crippen molar-refractivity contribution >= 4 is 17.6 Å². The average molecular weight is 430 g/mol. The Hall–Kier alpha value is 0.0738. The van der Waals surface area contributed by atoms with E-state index in [1.807, 2.05) is 7.05 Å². The second-order valence-corrected chi connectivity index (χ2v) is 12.1. The Morgan fingerprint density at radius 2 is 1.26 bits per heavy atom. The summed E-state index contributed by atoms with van der Waals surface area (Å²) in [5.74, 6) is 0. The van der Waals surface area contributed by atoms with E-state index in [1.54, 1.807) is 42.7 Å². The van der Waals surface area contributed by atoms with Crippen molar-refractivity contribution < 1.29 is 36.0 Å². The van der Waals surface area contributed by atoms with Crippen molar-refractivity contribution in [2.75, 3.05) is 76.1 Å². The maximum Gasteiger partial charge on any atom is 0.500 e. The molecule has 0 amide bonds. The molecule has 0 bridgehead atoms. The lowest BCUT2D eigenvalue weighted by Crippen LogP contribution is -2.43. The van der Waals surface area contributed by atoms with Gasteiger partial charge in [0.2, 0.25) is 0 Å². The van der Waals surface area contributed by atoms with Gasteiger partial charge >= 0.3 is 17.6 Å². The highest BCUT2D eigenvalue weighted by Gasteiger charge is 2.37. The first-order chi connectivity index (χ1) is 13.0. The molecule has 1 rings (SSSR count). The Kier molecular flexibility index (Phi) is 16.0. The second kappa shape index (κ2) is 15.9. The van der Waals surface area contributed by atoms with Crippen LogP contribution in [0.25, 0.3) is 0 Å². The number of epoxide rings is 1. The minimum Gasteiger partial charge on any atom is -0.379 e. The molecule has 0 aromatic rings. The first kappa shape index (κ1) is 27.1. The molecule has 27 heavy (non-hydrogen) atoms. The van der Waals surface area contributed by atoms with Gasteiger partial charge in [-0.25, -0.2) is 0 Å². The van der Waals surface area contributed by atoms with Gasteiger partial charge in [-0.3, -0.25) is 0 Å². The maximum atomic E-state index is 5.42. The van der Waals surface area contributed by atoms with Crippen LogP contribution < -0.4 is 5.32 Å². The van der Waals surface area contributed by atoms with Gasteiger partial charge in [-0.2, -0.15) is 0 Å². The second-order valence-electron chi connectivity index (χ2n) is 5.93. The number of hydrogen-bond donors (Lipinski definition) is 1. The number of nitrogens with one attached hydrogen (secondary N) is 1. The van der Waals surface area contributed by atoms with Crippen molar-refractivity contribution in [2.45, 2.75) is 31.0 Å². The molecule has 1 aliphatic heterocycles. The molecule has 0 spiro atoms. The van der Waals surface area contributed by atoms with Crippen LogP contribution in [-0.4, -0.2) is 99.8 Å². The molecule has 1 unspecified atom stereocenters. The Labute approximate surface area is 166 Å². The quantitative estimate of drug-likeness (QED) is 0.220. The Morgan fingerprint density at radius 3 is 1.63 bits per heavy atom. The Morgan fingerprint density at radius 1 is 0.815 bits per heavy atom. The van der Waals surface area contributed by atoms with E-state index in [0.29, 0.717) is 19.3 Å². The molecule has 164 valence electrons. The zero-order chi connectivity index (χ0) is 20.6. The molecule has 1 fully saturated rings. The van der Waals surface area contributed by atoms with Crippen LogP contribution in [0.15, 0.2) is 0 Å². The lowest BCUT2D eigenvalue weighted by Gasteiger charge is -2.24. The molecule has 9 nitrogen and oxygen atoms in total. The van der Waals surface area contributed by atoms with Crippen LogP contribution in [-0.2, 0) is 36.0 Å². The van der Waals surface area contributed by atoms with Crippen LogP contribution in [0.5, 0.6) is 0 Å². The summed E-state index contributed by atoms with van der Waals surface area (Å²) in [7, 11) is 7.02. The topological polar surface area (TPSA) is 89.2 Å². The summed E-state index contributed by atoms with van der Waals surface area (Å²) < 4.78 is 42.1. The van der Waals surface area contributed by atoms with Gasteiger partial charge in [0, 0.05) is 61.4 Å². The van der Waals surface area contributed by atoms with Crippen molar-refractivity contribution in [3.63, 3.8) is 0 Å². The first-order valence-electron chi connectivity index (χ1n) is 9.15. The van der Waals surface area contributed by atoms with E-state index in [-0.39, 0.29) is 0 Å². The van der Waals surface area contributed by atoms with E-state index in [1.165, 1.54) is 0 Å². The van der Waals surface area contributed by atoms with Crippen LogP contribution in [0.3, 0.4) is 0 Å². The maximum absolute atomic E-state index is 5.42. The highest BCUT2D eigenvalue weighted by Crippen LogP contribution is 2.16. The van der Waals surface area contributed by atoms with Crippen LogP contribution in [0.2, 0.25) is 12.1 Å². The number of rotatable bonds is 16. The van der Waals surface area contributed by atoms with E-state index >= 15 is 0 Å². The predicted octanol–water partition coefficient (Wildman–Crippen LogP) is 1.14. The summed E-state index contributed by atoms with van der Waals surface area (Å²) >= 11 is 0. The van der Waals surface area contributed by atoms with Crippen molar-refractivity contribution in [3.8, 4) is 0 Å². The lowest BCUT2D eigenvalue weighted by atomic mass is 10.5. The minimum atomic E-state index is -2.39. The van der Waals surface area contributed by atoms with Crippen LogP contribution in [0.1, 0.15) is 12.8 Å². The normalized spacial score (nSPS) is 16.8. The largest absolute Gasteiger partial charge is 0.500 e. The summed E-state index contributed by atoms with van der Waals surface area (Å²) in [6.07, 6.45) is 2.23. The van der Waals surface area contributed by atoms with E-state index in [4.69, 9.17) is 36.0 Å². The van der Waals surface area contributed by atoms with Crippen molar-refractivity contribution in [1.29, 1.82) is 0 Å². The molecule has 1 atom stereocenters. The van der Waals surface area contributed by atoms with Gasteiger partial charge in [-0.1, -0.05) is 0 Å². The molecule has 11 heteroatoms. The molecule has 0 aliphatic carbocycles. The molecule has 1 saturated heterocycles. The summed E-state index contributed by atoms with van der Waals surface area (Å²) in [5.41, 5.74) is 0. The fraction of sp³-hybridized carbons (Fsp3) is 1.00. The fourth-order valence-corrected chi connectivity index (χ4v) is 5.78. The SMILES string of the molecule is CNCCC[Si](OC)(OC)OC.CO[Si](CCCOCC1CO1)(OC)OC. The molecular weight excluding hydrogens is 390 g/mol. The monoisotopic (exact) mass is 429 g/mol. The first-order valence-corrected chi connectivity index (χ1v) is 13.0. The van der Waals surface area contributed by atoms with Gasteiger partial charge < -0.3 is 41.3 Å². The third kappa shape index (κ3) is 11.6. The van der Waals surface area contributed by atoms with Gasteiger partial charge in [0.25, 0.3) is 0 Å². The van der Waals surface area contributed by atoms with Crippen molar-refractivity contribution in [1.82, 2.24) is 5.32 Å². The van der Waals surface area contributed by atoms with E-state index in [0.717, 1.165) is 38.1 Å². The summed E-state index contributed by atoms with van der Waals surface area (Å²) in [6, 6.07) is 1.64. The van der Waals surface area contributed by atoms with Gasteiger partial charge in [0.1, 0.15) is 6.10 Å². The molecule has 1 N–H and O–H groups in total. The molecule has 1 aliphatic rings. The Bertz CT molecular complexity index is 326. The Balaban J connectivity index is 0.000000516. The van der Waals surface area contributed by atoms with Gasteiger partial charge in [-0.05, 0) is 26.4 Å². The zero-order valence-corrected chi connectivity index (χ0v) is 20.0. The van der Waals surface area contributed by atoms with E-state index in [9.17, 15) is 0 Å². The number of ether oxygens (including phenoxy) is 2. The summed E-state index contributed by atoms with van der Waals surface area (Å²) in [5, 5.41) is 3.07. The molecule has 0 radical (unpaired) electrons. The molecule has 0 saturated carbocycles. The van der Waals surface area contributed by atoms with Gasteiger partial charge in [0.15, 0.2) is 0 Å². The third-order valence-electron chi connectivity index (χ3n) is 4.25. The van der Waals surface area contributed by atoms with Gasteiger partial charge in [0.05, 0.1) is 13.2 Å². The van der Waals surface area contributed by atoms with Crippen molar-refractivity contribution in [2.24, 2.45) is 0 Å². The average Bonchev–Trinajstić information content (AvgIpc) is 3.54. The standard InChI is InChI=1S/C9H20O5Si.C7H19NO3Si/c1-10-15(11-2,12-3)6-4-5-13-7-9-8-14-9;1-8-6-5-7-12(9-2,10-3)11-4/h9H,4-8H2,1-3H3;8H,5-7H2,1-4H3. The zero-order valence-electron chi connectivity index (χ0n) is 18.0. The van der Waals surface area contributed by atoms with Crippen LogP contribution >= 0.6 is 0 Å². The van der Waals surface area contributed by atoms with E-state index < -0.39 is 17.6 Å². The highest BCUT2D eigenvalue weighted by atomic mass is 28.4.